The van der Waals surface area contributed by atoms with Gasteiger partial charge < -0.3 is 4.90 Å². The summed E-state index contributed by atoms with van der Waals surface area (Å²) >= 11 is 3.47. The van der Waals surface area contributed by atoms with Crippen LogP contribution in [0.25, 0.3) is 5.52 Å². The van der Waals surface area contributed by atoms with E-state index in [1.54, 1.807) is 10.7 Å². The molecule has 0 saturated carbocycles. The maximum absolute atomic E-state index is 13.1. The van der Waals surface area contributed by atoms with E-state index in [0.29, 0.717) is 12.1 Å². The van der Waals surface area contributed by atoms with Crippen LogP contribution in [0, 0.1) is 0 Å². The van der Waals surface area contributed by atoms with Crippen molar-refractivity contribution in [1.82, 2.24) is 14.5 Å². The van der Waals surface area contributed by atoms with Crippen molar-refractivity contribution in [3.8, 4) is 0 Å². The minimum absolute atomic E-state index is 0.0544. The Morgan fingerprint density at radius 1 is 1.26 bits per heavy atom. The smallest absolute Gasteiger partial charge is 0.256 e. The Kier molecular flexibility index (Phi) is 3.45. The second kappa shape index (κ2) is 5.49. The predicted octanol–water partition coefficient (Wildman–Crippen LogP) is 3.68. The third-order valence-corrected chi connectivity index (χ3v) is 4.91. The SMILES string of the molecule is C[C@@H]1Cc2ccccc2CN1C(=O)c1cc(Br)cn2nccc12. The van der Waals surface area contributed by atoms with E-state index in [1.165, 1.54) is 11.1 Å². The zero-order chi connectivity index (χ0) is 16.0. The molecule has 3 aromatic rings. The van der Waals surface area contributed by atoms with Crippen molar-refractivity contribution in [1.29, 1.82) is 0 Å². The highest BCUT2D eigenvalue weighted by Gasteiger charge is 2.28. The van der Waals surface area contributed by atoms with Crippen LogP contribution in [0.4, 0.5) is 0 Å². The van der Waals surface area contributed by atoms with Crippen LogP contribution in [0.5, 0.6) is 0 Å². The fourth-order valence-electron chi connectivity index (χ4n) is 3.27. The van der Waals surface area contributed by atoms with E-state index in [9.17, 15) is 4.79 Å². The van der Waals surface area contributed by atoms with Crippen molar-refractivity contribution < 1.29 is 4.79 Å². The fraction of sp³-hybridized carbons (Fsp3) is 0.222. The van der Waals surface area contributed by atoms with Crippen LogP contribution < -0.4 is 0 Å². The first-order valence-corrected chi connectivity index (χ1v) is 8.43. The second-order valence-corrected chi connectivity index (χ2v) is 6.90. The van der Waals surface area contributed by atoms with Gasteiger partial charge in [0.25, 0.3) is 5.91 Å². The molecule has 5 heteroatoms. The summed E-state index contributed by atoms with van der Waals surface area (Å²) in [5, 5.41) is 4.24. The molecule has 0 radical (unpaired) electrons. The van der Waals surface area contributed by atoms with Gasteiger partial charge in [-0.1, -0.05) is 24.3 Å². The number of benzene rings is 1. The molecule has 1 atom stereocenters. The molecule has 1 amide bonds. The Morgan fingerprint density at radius 3 is 2.87 bits per heavy atom. The van der Waals surface area contributed by atoms with Gasteiger partial charge in [-0.2, -0.15) is 5.10 Å². The van der Waals surface area contributed by atoms with Gasteiger partial charge in [0.05, 0.1) is 17.3 Å². The van der Waals surface area contributed by atoms with Gasteiger partial charge in [0.15, 0.2) is 0 Å². The van der Waals surface area contributed by atoms with Gasteiger partial charge in [-0.15, -0.1) is 0 Å². The van der Waals surface area contributed by atoms with E-state index >= 15 is 0 Å². The summed E-state index contributed by atoms with van der Waals surface area (Å²) in [7, 11) is 0. The molecule has 116 valence electrons. The number of carbonyl (C=O) groups is 1. The maximum atomic E-state index is 13.1. The Morgan fingerprint density at radius 2 is 2.04 bits per heavy atom. The lowest BCUT2D eigenvalue weighted by Gasteiger charge is -2.35. The summed E-state index contributed by atoms with van der Waals surface area (Å²) in [4.78, 5) is 15.1. The van der Waals surface area contributed by atoms with Gasteiger partial charge in [0.2, 0.25) is 0 Å². The van der Waals surface area contributed by atoms with Gasteiger partial charge in [0, 0.05) is 23.3 Å². The first kappa shape index (κ1) is 14.5. The first-order valence-electron chi connectivity index (χ1n) is 7.64. The second-order valence-electron chi connectivity index (χ2n) is 5.99. The highest BCUT2D eigenvalue weighted by Crippen LogP contribution is 2.26. The molecule has 0 unspecified atom stereocenters. The minimum Gasteiger partial charge on any atom is -0.331 e. The minimum atomic E-state index is 0.0544. The van der Waals surface area contributed by atoms with Crippen LogP contribution in [0.2, 0.25) is 0 Å². The van der Waals surface area contributed by atoms with Crippen LogP contribution in [-0.4, -0.2) is 26.5 Å². The molecule has 1 aromatic carbocycles. The van der Waals surface area contributed by atoms with Crippen molar-refractivity contribution in [2.75, 3.05) is 0 Å². The number of amides is 1. The molecule has 0 spiro atoms. The van der Waals surface area contributed by atoms with Crippen molar-refractivity contribution in [2.45, 2.75) is 25.9 Å². The quantitative estimate of drug-likeness (QED) is 0.655. The van der Waals surface area contributed by atoms with Crippen LogP contribution in [0.15, 0.2) is 53.3 Å². The third-order valence-electron chi connectivity index (χ3n) is 4.47. The molecule has 4 rings (SSSR count). The van der Waals surface area contributed by atoms with E-state index in [0.717, 1.165) is 16.4 Å². The molecule has 1 aliphatic heterocycles. The summed E-state index contributed by atoms with van der Waals surface area (Å²) in [5.74, 6) is 0.0544. The number of fused-ring (bicyclic) bond motifs is 2. The van der Waals surface area contributed by atoms with Crippen LogP contribution >= 0.6 is 15.9 Å². The lowest BCUT2D eigenvalue weighted by molar-refractivity contribution is 0.0660. The summed E-state index contributed by atoms with van der Waals surface area (Å²) in [6.07, 6.45) is 4.47. The molecule has 1 aliphatic rings. The molecule has 3 heterocycles. The van der Waals surface area contributed by atoms with E-state index in [4.69, 9.17) is 0 Å². The number of halogens is 1. The van der Waals surface area contributed by atoms with Crippen molar-refractivity contribution >= 4 is 27.4 Å². The van der Waals surface area contributed by atoms with Crippen LogP contribution in [-0.2, 0) is 13.0 Å². The lowest BCUT2D eigenvalue weighted by Crippen LogP contribution is -2.42. The Bertz CT molecular complexity index is 902. The van der Waals surface area contributed by atoms with Crippen molar-refractivity contribution in [3.63, 3.8) is 0 Å². The normalized spacial score (nSPS) is 17.3. The highest BCUT2D eigenvalue weighted by molar-refractivity contribution is 9.10. The Hall–Kier alpha value is -2.14. The Labute approximate surface area is 142 Å². The zero-order valence-corrected chi connectivity index (χ0v) is 14.3. The van der Waals surface area contributed by atoms with E-state index in [-0.39, 0.29) is 11.9 Å². The predicted molar refractivity (Wildman–Crippen MR) is 92.4 cm³/mol. The molecule has 2 aromatic heterocycles. The van der Waals surface area contributed by atoms with E-state index in [2.05, 4.69) is 46.2 Å². The number of rotatable bonds is 1. The Balaban J connectivity index is 1.75. The van der Waals surface area contributed by atoms with Gasteiger partial charge in [-0.05, 0) is 52.5 Å². The third kappa shape index (κ3) is 2.45. The number of carbonyl (C=O) groups excluding carboxylic acids is 1. The zero-order valence-electron chi connectivity index (χ0n) is 12.7. The largest absolute Gasteiger partial charge is 0.331 e. The number of hydrogen-bond donors (Lipinski definition) is 0. The van der Waals surface area contributed by atoms with Crippen molar-refractivity contribution in [2.24, 2.45) is 0 Å². The summed E-state index contributed by atoms with van der Waals surface area (Å²) in [6.45, 7) is 2.77. The first-order chi connectivity index (χ1) is 11.1. The average Bonchev–Trinajstić information content (AvgIpc) is 3.01. The standard InChI is InChI=1S/C18H16BrN3O/c1-12-8-13-4-2-3-5-14(13)10-21(12)18(23)16-9-15(19)11-22-17(16)6-7-20-22/h2-7,9,11-12H,8,10H2,1H3/t12-/m1/s1. The maximum Gasteiger partial charge on any atom is 0.256 e. The van der Waals surface area contributed by atoms with Crippen molar-refractivity contribution in [3.05, 3.63) is 70.0 Å². The summed E-state index contributed by atoms with van der Waals surface area (Å²) in [5.41, 5.74) is 4.10. The topological polar surface area (TPSA) is 37.6 Å². The number of hydrogen-bond acceptors (Lipinski definition) is 2. The van der Waals surface area contributed by atoms with Crippen LogP contribution in [0.1, 0.15) is 28.4 Å². The van der Waals surface area contributed by atoms with E-state index in [1.807, 2.05) is 29.3 Å². The molecule has 23 heavy (non-hydrogen) atoms. The van der Waals surface area contributed by atoms with Gasteiger partial charge in [-0.3, -0.25) is 4.79 Å². The molecule has 0 saturated heterocycles. The molecule has 0 aliphatic carbocycles. The lowest BCUT2D eigenvalue weighted by atomic mass is 9.94. The molecular weight excluding hydrogens is 354 g/mol. The number of pyridine rings is 1. The average molecular weight is 370 g/mol. The highest BCUT2D eigenvalue weighted by atomic mass is 79.9. The van der Waals surface area contributed by atoms with E-state index < -0.39 is 0 Å². The number of nitrogens with zero attached hydrogens (tertiary/aromatic N) is 3. The molecule has 0 fully saturated rings. The molecular formula is C18H16BrN3O. The molecule has 0 bridgehead atoms. The molecule has 4 nitrogen and oxygen atoms in total. The molecule has 0 N–H and O–H groups in total. The monoisotopic (exact) mass is 369 g/mol. The van der Waals surface area contributed by atoms with Gasteiger partial charge >= 0.3 is 0 Å². The number of aromatic nitrogens is 2. The van der Waals surface area contributed by atoms with Crippen LogP contribution in [0.3, 0.4) is 0 Å². The van der Waals surface area contributed by atoms with Gasteiger partial charge in [-0.25, -0.2) is 4.52 Å². The fourth-order valence-corrected chi connectivity index (χ4v) is 3.70. The van der Waals surface area contributed by atoms with Gasteiger partial charge in [0.1, 0.15) is 0 Å². The summed E-state index contributed by atoms with van der Waals surface area (Å²) < 4.78 is 2.59. The summed E-state index contributed by atoms with van der Waals surface area (Å²) in [6, 6.07) is 12.3.